The number of halogens is 1. The molecule has 0 unspecified atom stereocenters. The average molecular weight is 438 g/mol. The molecule has 3 rings (SSSR count). The van der Waals surface area contributed by atoms with Crippen molar-refractivity contribution in [1.82, 2.24) is 9.62 Å². The molecule has 0 radical (unpaired) electrons. The van der Waals surface area contributed by atoms with Crippen LogP contribution in [0.25, 0.3) is 0 Å². The Hall–Kier alpha value is -1.66. The quantitative estimate of drug-likeness (QED) is 0.383. The summed E-state index contributed by atoms with van der Waals surface area (Å²) in [6.45, 7) is 4.62. The third kappa shape index (κ3) is 5.67. The highest BCUT2D eigenvalue weighted by Gasteiger charge is 2.29. The van der Waals surface area contributed by atoms with Gasteiger partial charge in [-0.1, -0.05) is 0 Å². The van der Waals surface area contributed by atoms with Crippen LogP contribution in [0.5, 0.6) is 11.5 Å². The Morgan fingerprint density at radius 3 is 2.39 bits per heavy atom. The van der Waals surface area contributed by atoms with Gasteiger partial charge in [-0.05, 0) is 13.0 Å². The van der Waals surface area contributed by atoms with E-state index in [1.54, 1.807) is 0 Å². The Morgan fingerprint density at radius 2 is 1.75 bits per heavy atom. The molecule has 1 saturated heterocycles. The summed E-state index contributed by atoms with van der Waals surface area (Å²) in [5, 5.41) is 11.4. The molecule has 158 valence electrons. The highest BCUT2D eigenvalue weighted by atomic mass is 35.5. The number of sulfonamides is 1. The number of ether oxygens (including phenoxy) is 3. The number of nitrogens with zero attached hydrogens (tertiary/aromatic N) is 2. The van der Waals surface area contributed by atoms with Gasteiger partial charge in [-0.15, -0.1) is 12.4 Å². The normalized spacial score (nSPS) is 17.4. The van der Waals surface area contributed by atoms with Gasteiger partial charge in [0.15, 0.2) is 16.4 Å². The zero-order valence-corrected chi connectivity index (χ0v) is 16.9. The van der Waals surface area contributed by atoms with E-state index in [1.165, 1.54) is 6.07 Å². The zero-order chi connectivity index (χ0) is 19.3. The summed E-state index contributed by atoms with van der Waals surface area (Å²) >= 11 is 0. The summed E-state index contributed by atoms with van der Waals surface area (Å²) in [4.78, 5) is 12.4. The van der Waals surface area contributed by atoms with Crippen LogP contribution < -0.4 is 14.2 Å². The predicted octanol–water partition coefficient (Wildman–Crippen LogP) is 1.18. The summed E-state index contributed by atoms with van der Waals surface area (Å²) in [7, 11) is -4.05. The van der Waals surface area contributed by atoms with Crippen LogP contribution in [0, 0.1) is 10.1 Å². The largest absolute Gasteiger partial charge is 0.490 e. The SMILES string of the molecule is Cl.O=[N+]([O-])c1cc2c(cc1S(=O)(=O)NCCCN1CCOCC1)OCCCO2. The molecule has 2 heterocycles. The van der Waals surface area contributed by atoms with Gasteiger partial charge in [0.2, 0.25) is 10.0 Å². The monoisotopic (exact) mass is 437 g/mol. The van der Waals surface area contributed by atoms with Crippen molar-refractivity contribution in [3.05, 3.63) is 22.2 Å². The van der Waals surface area contributed by atoms with Crippen LogP contribution in [0.1, 0.15) is 12.8 Å². The fourth-order valence-corrected chi connectivity index (χ4v) is 4.19. The molecular formula is C16H24ClN3O7S. The van der Waals surface area contributed by atoms with Crippen LogP contribution >= 0.6 is 12.4 Å². The van der Waals surface area contributed by atoms with Gasteiger partial charge >= 0.3 is 0 Å². The van der Waals surface area contributed by atoms with Crippen molar-refractivity contribution in [1.29, 1.82) is 0 Å². The molecule has 12 heteroatoms. The molecule has 10 nitrogen and oxygen atoms in total. The maximum atomic E-state index is 12.6. The first-order valence-corrected chi connectivity index (χ1v) is 10.3. The summed E-state index contributed by atoms with van der Waals surface area (Å²) < 4.78 is 43.9. The van der Waals surface area contributed by atoms with Crippen LogP contribution in [0.3, 0.4) is 0 Å². The second kappa shape index (κ2) is 10.2. The third-order valence-corrected chi connectivity index (χ3v) is 5.85. The van der Waals surface area contributed by atoms with Crippen molar-refractivity contribution < 1.29 is 27.6 Å². The van der Waals surface area contributed by atoms with E-state index in [1.807, 2.05) is 0 Å². The summed E-state index contributed by atoms with van der Waals surface area (Å²) in [6.07, 6.45) is 1.21. The molecule has 0 bridgehead atoms. The van der Waals surface area contributed by atoms with Crippen LogP contribution in [0.2, 0.25) is 0 Å². The molecule has 0 atom stereocenters. The molecule has 0 aliphatic carbocycles. The molecule has 1 N–H and O–H groups in total. The zero-order valence-electron chi connectivity index (χ0n) is 15.3. The van der Waals surface area contributed by atoms with Gasteiger partial charge in [0.05, 0.1) is 37.4 Å². The number of hydrogen-bond donors (Lipinski definition) is 1. The number of morpholine rings is 1. The minimum absolute atomic E-state index is 0. The molecule has 0 aromatic heterocycles. The lowest BCUT2D eigenvalue weighted by molar-refractivity contribution is -0.387. The standard InChI is InChI=1S/C16H23N3O7S.ClH/c20-19(21)13-11-14-15(26-8-2-7-25-14)12-16(13)27(22,23)17-3-1-4-18-5-9-24-10-6-18;/h11-12,17H,1-10H2;1H. The molecule has 2 aliphatic heterocycles. The van der Waals surface area contributed by atoms with Crippen LogP contribution in [0.15, 0.2) is 17.0 Å². The molecule has 0 amide bonds. The maximum Gasteiger partial charge on any atom is 0.293 e. The van der Waals surface area contributed by atoms with Crippen molar-refractivity contribution in [2.24, 2.45) is 0 Å². The topological polar surface area (TPSA) is 120 Å². The maximum absolute atomic E-state index is 12.6. The van der Waals surface area contributed by atoms with Crippen molar-refractivity contribution in [2.45, 2.75) is 17.7 Å². The summed E-state index contributed by atoms with van der Waals surface area (Å²) in [5.41, 5.74) is -0.528. The lowest BCUT2D eigenvalue weighted by Gasteiger charge is -2.26. The third-order valence-electron chi connectivity index (χ3n) is 4.36. The van der Waals surface area contributed by atoms with Gasteiger partial charge in [-0.3, -0.25) is 15.0 Å². The second-order valence-corrected chi connectivity index (χ2v) is 8.01. The fraction of sp³-hybridized carbons (Fsp3) is 0.625. The Morgan fingerprint density at radius 1 is 1.11 bits per heavy atom. The van der Waals surface area contributed by atoms with Gasteiger partial charge in [-0.2, -0.15) is 0 Å². The van der Waals surface area contributed by atoms with Crippen molar-refractivity contribution in [3.63, 3.8) is 0 Å². The predicted molar refractivity (Wildman–Crippen MR) is 103 cm³/mol. The van der Waals surface area contributed by atoms with Crippen molar-refractivity contribution >= 4 is 28.1 Å². The lowest BCUT2D eigenvalue weighted by Crippen LogP contribution is -2.38. The minimum atomic E-state index is -4.05. The molecule has 1 fully saturated rings. The van der Waals surface area contributed by atoms with Gasteiger partial charge in [0, 0.05) is 32.1 Å². The number of nitro benzene ring substituents is 1. The molecule has 1 aromatic rings. The average Bonchev–Trinajstić information content (AvgIpc) is 2.90. The Bertz CT molecular complexity index is 785. The Labute approximate surface area is 169 Å². The lowest BCUT2D eigenvalue weighted by atomic mass is 10.3. The van der Waals surface area contributed by atoms with E-state index in [9.17, 15) is 18.5 Å². The first kappa shape index (κ1) is 22.6. The van der Waals surface area contributed by atoms with Gasteiger partial charge in [-0.25, -0.2) is 13.1 Å². The highest BCUT2D eigenvalue weighted by molar-refractivity contribution is 7.89. The minimum Gasteiger partial charge on any atom is -0.490 e. The van der Waals surface area contributed by atoms with E-state index in [0.717, 1.165) is 25.7 Å². The van der Waals surface area contributed by atoms with E-state index >= 15 is 0 Å². The van der Waals surface area contributed by atoms with Crippen molar-refractivity contribution in [2.75, 3.05) is 52.6 Å². The van der Waals surface area contributed by atoms with Gasteiger partial charge in [0.1, 0.15) is 0 Å². The van der Waals surface area contributed by atoms with Gasteiger partial charge < -0.3 is 14.2 Å². The van der Waals surface area contributed by atoms with E-state index in [4.69, 9.17) is 14.2 Å². The smallest absolute Gasteiger partial charge is 0.293 e. The molecular weight excluding hydrogens is 414 g/mol. The number of nitrogens with one attached hydrogen (secondary N) is 1. The Balaban J connectivity index is 0.00000280. The fourth-order valence-electron chi connectivity index (χ4n) is 2.95. The summed E-state index contributed by atoms with van der Waals surface area (Å²) in [5.74, 6) is 0.386. The number of rotatable bonds is 7. The molecule has 1 aromatic carbocycles. The first-order valence-electron chi connectivity index (χ1n) is 8.85. The highest BCUT2D eigenvalue weighted by Crippen LogP contribution is 2.38. The Kier molecular flexibility index (Phi) is 8.25. The van der Waals surface area contributed by atoms with E-state index in [2.05, 4.69) is 9.62 Å². The molecule has 2 aliphatic rings. The molecule has 0 saturated carbocycles. The van der Waals surface area contributed by atoms with E-state index in [-0.39, 0.29) is 30.5 Å². The molecule has 28 heavy (non-hydrogen) atoms. The van der Waals surface area contributed by atoms with Crippen LogP contribution in [-0.4, -0.2) is 70.8 Å². The second-order valence-electron chi connectivity index (χ2n) is 6.28. The van der Waals surface area contributed by atoms with Crippen molar-refractivity contribution in [3.8, 4) is 11.5 Å². The first-order chi connectivity index (χ1) is 13.0. The number of benzene rings is 1. The van der Waals surface area contributed by atoms with Gasteiger partial charge in [0.25, 0.3) is 5.69 Å². The van der Waals surface area contributed by atoms with E-state index in [0.29, 0.717) is 39.3 Å². The number of nitro groups is 1. The van der Waals surface area contributed by atoms with E-state index < -0.39 is 25.5 Å². The molecule has 0 spiro atoms. The summed E-state index contributed by atoms with van der Waals surface area (Å²) in [6, 6.07) is 2.28. The number of fused-ring (bicyclic) bond motifs is 1. The number of hydrogen-bond acceptors (Lipinski definition) is 8. The van der Waals surface area contributed by atoms with Crippen LogP contribution in [0.4, 0.5) is 5.69 Å². The van der Waals surface area contributed by atoms with Crippen LogP contribution in [-0.2, 0) is 14.8 Å².